The third-order valence-corrected chi connectivity index (χ3v) is 6.94. The van der Waals surface area contributed by atoms with Crippen molar-refractivity contribution in [3.8, 4) is 11.1 Å². The minimum Gasteiger partial charge on any atom is -0.356 e. The number of halogens is 6. The second-order valence-corrected chi connectivity index (χ2v) is 9.25. The fraction of sp³-hybridized carbons (Fsp3) is 0.391. The Hall–Kier alpha value is -2.16. The SMILES string of the molecule is CCC(c1cc(-c2ccc(Cl)cc2Cl)c(Cl)c2nc3n(c12)CCCN3)N(CC)C(=O)C(F)(F)F. The zero-order chi connectivity index (χ0) is 24.8. The summed E-state index contributed by atoms with van der Waals surface area (Å²) in [6.07, 6.45) is -3.92. The first-order valence-electron chi connectivity index (χ1n) is 10.9. The number of nitrogens with zero attached hydrogens (tertiary/aromatic N) is 3. The molecule has 1 atom stereocenters. The number of rotatable bonds is 5. The van der Waals surface area contributed by atoms with Crippen molar-refractivity contribution in [3.63, 3.8) is 0 Å². The molecule has 1 unspecified atom stereocenters. The van der Waals surface area contributed by atoms with Crippen LogP contribution in [0.1, 0.15) is 38.3 Å². The lowest BCUT2D eigenvalue weighted by Crippen LogP contribution is -2.43. The van der Waals surface area contributed by atoms with Crippen molar-refractivity contribution in [2.75, 3.05) is 18.4 Å². The smallest absolute Gasteiger partial charge is 0.356 e. The third kappa shape index (κ3) is 4.32. The van der Waals surface area contributed by atoms with Crippen molar-refractivity contribution in [2.45, 2.75) is 45.5 Å². The molecule has 11 heteroatoms. The summed E-state index contributed by atoms with van der Waals surface area (Å²) in [4.78, 5) is 17.9. The van der Waals surface area contributed by atoms with Crippen molar-refractivity contribution < 1.29 is 18.0 Å². The molecule has 1 aliphatic heterocycles. The Morgan fingerprint density at radius 1 is 1.21 bits per heavy atom. The van der Waals surface area contributed by atoms with Crippen LogP contribution in [0.15, 0.2) is 24.3 Å². The molecule has 2 aromatic carbocycles. The van der Waals surface area contributed by atoms with Crippen molar-refractivity contribution >= 4 is 57.7 Å². The summed E-state index contributed by atoms with van der Waals surface area (Å²) in [5.74, 6) is -1.30. The molecule has 5 nitrogen and oxygen atoms in total. The fourth-order valence-electron chi connectivity index (χ4n) is 4.54. The van der Waals surface area contributed by atoms with Gasteiger partial charge in [-0.3, -0.25) is 4.79 Å². The maximum Gasteiger partial charge on any atom is 0.471 e. The quantitative estimate of drug-likeness (QED) is 0.373. The molecule has 0 spiro atoms. The van der Waals surface area contributed by atoms with Gasteiger partial charge in [0.25, 0.3) is 0 Å². The summed E-state index contributed by atoms with van der Waals surface area (Å²) >= 11 is 19.3. The van der Waals surface area contributed by atoms with Crippen molar-refractivity contribution in [2.24, 2.45) is 0 Å². The molecule has 4 rings (SSSR count). The Labute approximate surface area is 209 Å². The highest BCUT2D eigenvalue weighted by Crippen LogP contribution is 2.44. The molecule has 0 aliphatic carbocycles. The zero-order valence-electron chi connectivity index (χ0n) is 18.4. The molecule has 2 heterocycles. The van der Waals surface area contributed by atoms with Gasteiger partial charge in [0.1, 0.15) is 5.52 Å². The number of nitrogens with one attached hydrogen (secondary N) is 1. The van der Waals surface area contributed by atoms with Crippen LogP contribution in [0.4, 0.5) is 19.1 Å². The van der Waals surface area contributed by atoms with Gasteiger partial charge >= 0.3 is 12.1 Å². The van der Waals surface area contributed by atoms with Gasteiger partial charge in [-0.15, -0.1) is 0 Å². The third-order valence-electron chi connectivity index (χ3n) is 6.01. The van der Waals surface area contributed by atoms with Crippen LogP contribution in [-0.2, 0) is 11.3 Å². The molecule has 1 aliphatic rings. The van der Waals surface area contributed by atoms with Gasteiger partial charge < -0.3 is 14.8 Å². The van der Waals surface area contributed by atoms with Gasteiger partial charge in [0.05, 0.1) is 16.6 Å². The number of benzene rings is 2. The molecule has 3 aromatic rings. The lowest BCUT2D eigenvalue weighted by atomic mass is 9.95. The van der Waals surface area contributed by atoms with E-state index >= 15 is 0 Å². The van der Waals surface area contributed by atoms with E-state index in [4.69, 9.17) is 34.8 Å². The summed E-state index contributed by atoms with van der Waals surface area (Å²) < 4.78 is 42.3. The highest BCUT2D eigenvalue weighted by molar-refractivity contribution is 6.40. The van der Waals surface area contributed by atoms with Gasteiger partial charge in [0.15, 0.2) is 0 Å². The first kappa shape index (κ1) is 24.9. The largest absolute Gasteiger partial charge is 0.471 e. The molecule has 0 bridgehead atoms. The van der Waals surface area contributed by atoms with Crippen molar-refractivity contribution in [1.29, 1.82) is 0 Å². The van der Waals surface area contributed by atoms with E-state index in [1.807, 2.05) is 4.57 Å². The predicted octanol–water partition coefficient (Wildman–Crippen LogP) is 7.34. The number of amides is 1. The summed E-state index contributed by atoms with van der Waals surface area (Å²) in [7, 11) is 0. The van der Waals surface area contributed by atoms with E-state index in [0.717, 1.165) is 17.9 Å². The van der Waals surface area contributed by atoms with Crippen LogP contribution in [-0.4, -0.2) is 39.6 Å². The Morgan fingerprint density at radius 2 is 1.94 bits per heavy atom. The summed E-state index contributed by atoms with van der Waals surface area (Å²) in [5.41, 5.74) is 2.66. The minimum atomic E-state index is -4.99. The number of fused-ring (bicyclic) bond motifs is 3. The van der Waals surface area contributed by atoms with Gasteiger partial charge in [-0.25, -0.2) is 4.98 Å². The first-order chi connectivity index (χ1) is 16.1. The molecule has 34 heavy (non-hydrogen) atoms. The number of aromatic nitrogens is 2. The Kier molecular flexibility index (Phi) is 6.95. The van der Waals surface area contributed by atoms with Crippen LogP contribution in [0.5, 0.6) is 0 Å². The van der Waals surface area contributed by atoms with Crippen LogP contribution < -0.4 is 5.32 Å². The van der Waals surface area contributed by atoms with E-state index in [2.05, 4.69) is 10.3 Å². The number of hydrogen-bond acceptors (Lipinski definition) is 3. The van der Waals surface area contributed by atoms with Crippen LogP contribution in [0.3, 0.4) is 0 Å². The molecular weight excluding hydrogens is 512 g/mol. The molecule has 0 radical (unpaired) electrons. The number of hydrogen-bond donors (Lipinski definition) is 1. The Morgan fingerprint density at radius 3 is 2.56 bits per heavy atom. The van der Waals surface area contributed by atoms with E-state index in [9.17, 15) is 18.0 Å². The molecule has 0 saturated carbocycles. The highest BCUT2D eigenvalue weighted by Gasteiger charge is 2.44. The average molecular weight is 534 g/mol. The minimum absolute atomic E-state index is 0.114. The number of alkyl halides is 3. The van der Waals surface area contributed by atoms with E-state index in [-0.39, 0.29) is 13.0 Å². The monoisotopic (exact) mass is 532 g/mol. The normalized spacial score (nSPS) is 14.6. The number of anilines is 1. The Balaban J connectivity index is 2.03. The molecule has 182 valence electrons. The van der Waals surface area contributed by atoms with Crippen LogP contribution >= 0.6 is 34.8 Å². The molecule has 1 aromatic heterocycles. The van der Waals surface area contributed by atoms with E-state index in [1.54, 1.807) is 31.2 Å². The summed E-state index contributed by atoms with van der Waals surface area (Å²) in [5, 5.41) is 4.33. The lowest BCUT2D eigenvalue weighted by molar-refractivity contribution is -0.187. The number of aryl methyl sites for hydroxylation is 1. The van der Waals surface area contributed by atoms with Gasteiger partial charge in [0.2, 0.25) is 5.95 Å². The number of imidazole rings is 1. The van der Waals surface area contributed by atoms with Crippen LogP contribution in [0.25, 0.3) is 22.2 Å². The maximum atomic E-state index is 13.5. The molecule has 0 saturated heterocycles. The van der Waals surface area contributed by atoms with Gasteiger partial charge in [-0.05, 0) is 38.0 Å². The second-order valence-electron chi connectivity index (χ2n) is 8.03. The maximum absolute atomic E-state index is 13.5. The van der Waals surface area contributed by atoms with Crippen LogP contribution in [0.2, 0.25) is 15.1 Å². The summed E-state index contributed by atoms with van der Waals surface area (Å²) in [6.45, 7) is 4.51. The number of carbonyl (C=O) groups is 1. The molecule has 0 fully saturated rings. The van der Waals surface area contributed by atoms with Gasteiger partial charge in [0, 0.05) is 46.4 Å². The second kappa shape index (κ2) is 9.47. The lowest BCUT2D eigenvalue weighted by Gasteiger charge is -2.32. The number of carbonyl (C=O) groups excluding carboxylic acids is 1. The Bertz CT molecular complexity index is 1260. The topological polar surface area (TPSA) is 50.2 Å². The molecular formula is C23H22Cl3F3N4O. The highest BCUT2D eigenvalue weighted by atomic mass is 35.5. The first-order valence-corrected chi connectivity index (χ1v) is 12.0. The predicted molar refractivity (Wildman–Crippen MR) is 130 cm³/mol. The van der Waals surface area contributed by atoms with Gasteiger partial charge in [-0.2, -0.15) is 13.2 Å². The van der Waals surface area contributed by atoms with E-state index in [0.29, 0.717) is 55.3 Å². The van der Waals surface area contributed by atoms with Gasteiger partial charge in [-0.1, -0.05) is 47.8 Å². The summed E-state index contributed by atoms with van der Waals surface area (Å²) in [6, 6.07) is 5.80. The van der Waals surface area contributed by atoms with Crippen molar-refractivity contribution in [3.05, 3.63) is 44.9 Å². The van der Waals surface area contributed by atoms with Crippen molar-refractivity contribution in [1.82, 2.24) is 14.5 Å². The van der Waals surface area contributed by atoms with E-state index in [1.165, 1.54) is 6.92 Å². The molecule has 1 amide bonds. The average Bonchev–Trinajstić information content (AvgIpc) is 3.18. The standard InChI is InChI=1S/C23H22Cl3F3N4O/c1-3-17(32(4-2)21(34)23(27,28)29)15-11-14(13-7-6-12(24)10-16(13)25)18(26)19-20(15)33-9-5-8-30-22(33)31-19/h6-7,10-11,17H,3-5,8-9H2,1-2H3,(H,30,31). The van der Waals surface area contributed by atoms with E-state index < -0.39 is 18.1 Å². The molecule has 1 N–H and O–H groups in total. The fourth-order valence-corrected chi connectivity index (χ4v) is 5.34. The zero-order valence-corrected chi connectivity index (χ0v) is 20.7. The van der Waals surface area contributed by atoms with Crippen LogP contribution in [0, 0.1) is 0 Å².